The van der Waals surface area contributed by atoms with E-state index in [1.807, 2.05) is 13.8 Å². The third-order valence-electron chi connectivity index (χ3n) is 2.70. The molecular weight excluding hydrogens is 256 g/mol. The molecule has 1 atom stereocenters. The summed E-state index contributed by atoms with van der Waals surface area (Å²) in [6.45, 7) is 4.60. The number of hydrogen-bond acceptors (Lipinski definition) is 5. The Morgan fingerprint density at radius 2 is 2.11 bits per heavy atom. The van der Waals surface area contributed by atoms with E-state index in [1.54, 1.807) is 6.07 Å². The van der Waals surface area contributed by atoms with Gasteiger partial charge in [-0.2, -0.15) is 0 Å². The second kappa shape index (κ2) is 6.33. The average molecular weight is 276 g/mol. The van der Waals surface area contributed by atoms with Crippen molar-refractivity contribution in [1.29, 1.82) is 0 Å². The highest BCUT2D eigenvalue weighted by Gasteiger charge is 2.15. The lowest BCUT2D eigenvalue weighted by Crippen LogP contribution is -2.34. The van der Waals surface area contributed by atoms with Crippen LogP contribution in [0.3, 0.4) is 0 Å². The summed E-state index contributed by atoms with van der Waals surface area (Å²) >= 11 is 0. The van der Waals surface area contributed by atoms with Crippen LogP contribution >= 0.6 is 0 Å². The molecule has 1 aromatic heterocycles. The van der Waals surface area contributed by atoms with Crippen molar-refractivity contribution < 1.29 is 17.9 Å². The Labute approximate surface area is 107 Å². The summed E-state index contributed by atoms with van der Waals surface area (Å²) in [4.78, 5) is 0. The summed E-state index contributed by atoms with van der Waals surface area (Å²) < 4.78 is 27.2. The monoisotopic (exact) mass is 276 g/mol. The molecule has 1 heterocycles. The highest BCUT2D eigenvalue weighted by Crippen LogP contribution is 2.13. The molecule has 0 radical (unpaired) electrons. The molecule has 0 saturated carbocycles. The number of rotatable bonds is 7. The lowest BCUT2D eigenvalue weighted by atomic mass is 10.0. The fourth-order valence-corrected chi connectivity index (χ4v) is 2.13. The number of aliphatic hydroxyl groups excluding tert-OH is 1. The zero-order valence-corrected chi connectivity index (χ0v) is 11.4. The van der Waals surface area contributed by atoms with Crippen LogP contribution in [0.15, 0.2) is 21.6 Å². The molecule has 0 aliphatic heterocycles. The average Bonchev–Trinajstić information content (AvgIpc) is 2.71. The van der Waals surface area contributed by atoms with Gasteiger partial charge in [0.1, 0.15) is 5.76 Å². The van der Waals surface area contributed by atoms with Gasteiger partial charge in [0.15, 0.2) is 0 Å². The van der Waals surface area contributed by atoms with E-state index in [4.69, 9.17) is 14.7 Å². The molecule has 0 aromatic carbocycles. The topological polar surface area (TPSA) is 106 Å². The van der Waals surface area contributed by atoms with Gasteiger partial charge in [-0.05, 0) is 24.5 Å². The van der Waals surface area contributed by atoms with E-state index in [-0.39, 0.29) is 17.7 Å². The number of furan rings is 1. The maximum atomic E-state index is 11.0. The molecule has 1 rings (SSSR count). The Balaban J connectivity index is 2.60. The Hall–Kier alpha value is -0.890. The van der Waals surface area contributed by atoms with Crippen molar-refractivity contribution >= 4 is 10.0 Å². The first-order valence-corrected chi connectivity index (χ1v) is 7.35. The van der Waals surface area contributed by atoms with E-state index in [2.05, 4.69) is 5.32 Å². The Kier molecular flexibility index (Phi) is 5.33. The van der Waals surface area contributed by atoms with Gasteiger partial charge < -0.3 is 14.8 Å². The van der Waals surface area contributed by atoms with E-state index in [9.17, 15) is 8.42 Å². The highest BCUT2D eigenvalue weighted by atomic mass is 32.2. The summed E-state index contributed by atoms with van der Waals surface area (Å²) in [5.41, 5.74) is 0. The Bertz CT molecular complexity index is 467. The van der Waals surface area contributed by atoms with Crippen molar-refractivity contribution in [2.24, 2.45) is 11.1 Å². The number of nitrogens with two attached hydrogens (primary N) is 1. The predicted molar refractivity (Wildman–Crippen MR) is 67.2 cm³/mol. The van der Waals surface area contributed by atoms with Crippen LogP contribution in [0, 0.1) is 5.92 Å². The van der Waals surface area contributed by atoms with Crippen LogP contribution in [0.2, 0.25) is 0 Å². The van der Waals surface area contributed by atoms with Crippen LogP contribution in [0.4, 0.5) is 0 Å². The van der Waals surface area contributed by atoms with E-state index in [1.165, 1.54) is 6.07 Å². The number of primary sulfonamides is 1. The number of hydrogen-bond donors (Lipinski definition) is 3. The Morgan fingerprint density at radius 1 is 1.44 bits per heavy atom. The van der Waals surface area contributed by atoms with Gasteiger partial charge >= 0.3 is 0 Å². The summed E-state index contributed by atoms with van der Waals surface area (Å²) in [6, 6.07) is 3.06. The maximum Gasteiger partial charge on any atom is 0.271 e. The van der Waals surface area contributed by atoms with Gasteiger partial charge in [0, 0.05) is 12.6 Å². The minimum atomic E-state index is -3.78. The van der Waals surface area contributed by atoms with Crippen LogP contribution in [0.5, 0.6) is 0 Å². The molecular formula is C11H20N2O4S. The smallest absolute Gasteiger partial charge is 0.271 e. The summed E-state index contributed by atoms with van der Waals surface area (Å²) in [6.07, 6.45) is 0.639. The van der Waals surface area contributed by atoms with Crippen LogP contribution in [0.25, 0.3) is 0 Å². The maximum absolute atomic E-state index is 11.0. The van der Waals surface area contributed by atoms with Crippen molar-refractivity contribution in [2.45, 2.75) is 37.9 Å². The molecule has 0 fully saturated rings. The van der Waals surface area contributed by atoms with Gasteiger partial charge in [-0.15, -0.1) is 0 Å². The van der Waals surface area contributed by atoms with Crippen molar-refractivity contribution in [3.8, 4) is 0 Å². The molecule has 7 heteroatoms. The minimum absolute atomic E-state index is 0.108. The van der Waals surface area contributed by atoms with E-state index in [0.29, 0.717) is 24.6 Å². The zero-order chi connectivity index (χ0) is 13.8. The summed E-state index contributed by atoms with van der Waals surface area (Å²) in [5, 5.41) is 16.9. The SMILES string of the molecule is CC(C)C(CCO)NCc1ccc(S(N)(=O)=O)o1. The molecule has 0 bridgehead atoms. The van der Waals surface area contributed by atoms with Gasteiger partial charge in [-0.1, -0.05) is 13.8 Å². The first-order chi connectivity index (χ1) is 8.34. The largest absolute Gasteiger partial charge is 0.447 e. The number of nitrogens with one attached hydrogen (secondary N) is 1. The van der Waals surface area contributed by atoms with Gasteiger partial charge in [0.25, 0.3) is 10.0 Å². The molecule has 104 valence electrons. The van der Waals surface area contributed by atoms with Gasteiger partial charge in [-0.3, -0.25) is 0 Å². The van der Waals surface area contributed by atoms with Crippen molar-refractivity contribution in [3.63, 3.8) is 0 Å². The lowest BCUT2D eigenvalue weighted by molar-refractivity contribution is 0.240. The molecule has 6 nitrogen and oxygen atoms in total. The highest BCUT2D eigenvalue weighted by molar-refractivity contribution is 7.89. The minimum Gasteiger partial charge on any atom is -0.447 e. The third kappa shape index (κ3) is 4.41. The lowest BCUT2D eigenvalue weighted by Gasteiger charge is -2.20. The molecule has 0 spiro atoms. The predicted octanol–water partition coefficient (Wildman–Crippen LogP) is 0.424. The van der Waals surface area contributed by atoms with Crippen molar-refractivity contribution in [2.75, 3.05) is 6.61 Å². The van der Waals surface area contributed by atoms with Gasteiger partial charge in [0.2, 0.25) is 5.09 Å². The quantitative estimate of drug-likeness (QED) is 0.669. The van der Waals surface area contributed by atoms with Crippen LogP contribution < -0.4 is 10.5 Å². The van der Waals surface area contributed by atoms with E-state index >= 15 is 0 Å². The number of sulfonamides is 1. The molecule has 0 saturated heterocycles. The standard InChI is InChI=1S/C11H20N2O4S/c1-8(2)10(5-6-14)13-7-9-3-4-11(17-9)18(12,15)16/h3-4,8,10,13-14H,5-7H2,1-2H3,(H2,12,15,16). The summed E-state index contributed by atoms with van der Waals surface area (Å²) in [7, 11) is -3.78. The first-order valence-electron chi connectivity index (χ1n) is 5.80. The third-order valence-corrected chi connectivity index (χ3v) is 3.48. The fraction of sp³-hybridized carbons (Fsp3) is 0.636. The molecule has 4 N–H and O–H groups in total. The Morgan fingerprint density at radius 3 is 2.56 bits per heavy atom. The molecule has 0 aliphatic rings. The molecule has 0 amide bonds. The summed E-state index contributed by atoms with van der Waals surface area (Å²) in [5.74, 6) is 0.868. The van der Waals surface area contributed by atoms with E-state index < -0.39 is 10.0 Å². The van der Waals surface area contributed by atoms with Crippen molar-refractivity contribution in [1.82, 2.24) is 5.32 Å². The van der Waals surface area contributed by atoms with Crippen LogP contribution in [0.1, 0.15) is 26.0 Å². The van der Waals surface area contributed by atoms with Crippen LogP contribution in [-0.2, 0) is 16.6 Å². The normalized spacial score (nSPS) is 14.1. The van der Waals surface area contributed by atoms with Gasteiger partial charge in [0.05, 0.1) is 6.54 Å². The molecule has 1 unspecified atom stereocenters. The first kappa shape index (κ1) is 15.2. The zero-order valence-electron chi connectivity index (χ0n) is 10.6. The number of aliphatic hydroxyl groups is 1. The van der Waals surface area contributed by atoms with E-state index in [0.717, 1.165) is 0 Å². The molecule has 1 aromatic rings. The second-order valence-corrected chi connectivity index (χ2v) is 6.00. The fourth-order valence-electron chi connectivity index (χ4n) is 1.65. The molecule has 18 heavy (non-hydrogen) atoms. The van der Waals surface area contributed by atoms with Crippen LogP contribution in [-0.4, -0.2) is 26.2 Å². The van der Waals surface area contributed by atoms with Crippen molar-refractivity contribution in [3.05, 3.63) is 17.9 Å². The van der Waals surface area contributed by atoms with Gasteiger partial charge in [-0.25, -0.2) is 13.6 Å². The molecule has 0 aliphatic carbocycles. The second-order valence-electron chi connectivity index (χ2n) is 4.51.